The number of nitrogens with zero attached hydrogens (tertiary/aromatic N) is 1. The largest absolute Gasteiger partial charge is 0.506 e. The van der Waals surface area contributed by atoms with Gasteiger partial charge in [0.15, 0.2) is 0 Å². The molecular formula is C14H12N2O5. The summed E-state index contributed by atoms with van der Waals surface area (Å²) >= 11 is 0. The first-order valence-electron chi connectivity index (χ1n) is 5.94. The van der Waals surface area contributed by atoms with Crippen molar-refractivity contribution in [3.8, 4) is 11.5 Å². The smallest absolute Gasteiger partial charge is 0.271 e. The van der Waals surface area contributed by atoms with Crippen LogP contribution in [0.4, 0.5) is 11.4 Å². The number of hydrogen-bond acceptors (Lipinski definition) is 5. The molecule has 2 N–H and O–H groups in total. The maximum Gasteiger partial charge on any atom is 0.271 e. The van der Waals surface area contributed by atoms with Gasteiger partial charge in [0.25, 0.3) is 11.6 Å². The van der Waals surface area contributed by atoms with E-state index in [0.717, 1.165) is 18.2 Å². The third kappa shape index (κ3) is 3.08. The lowest BCUT2D eigenvalue weighted by atomic mass is 10.1. The maximum atomic E-state index is 12.2. The summed E-state index contributed by atoms with van der Waals surface area (Å²) in [4.78, 5) is 22.3. The molecule has 2 aromatic carbocycles. The molecule has 7 heteroatoms. The standard InChI is InChI=1S/C14H12N2O5/c1-21-13-5-3-2-4-10(13)14(18)15-11-8-9(16(19)20)6-7-12(11)17/h2-8,17H,1H3,(H,15,18). The van der Waals surface area contributed by atoms with Crippen molar-refractivity contribution >= 4 is 17.3 Å². The summed E-state index contributed by atoms with van der Waals surface area (Å²) < 4.78 is 5.06. The Kier molecular flexibility index (Phi) is 4.03. The summed E-state index contributed by atoms with van der Waals surface area (Å²) in [5.41, 5.74) is -0.0193. The number of anilines is 1. The zero-order chi connectivity index (χ0) is 15.4. The zero-order valence-corrected chi connectivity index (χ0v) is 11.1. The fraction of sp³-hybridized carbons (Fsp3) is 0.0714. The number of hydrogen-bond donors (Lipinski definition) is 2. The molecule has 1 amide bonds. The maximum absolute atomic E-state index is 12.2. The van der Waals surface area contributed by atoms with Crippen LogP contribution >= 0.6 is 0 Å². The van der Waals surface area contributed by atoms with Crippen molar-refractivity contribution < 1.29 is 19.6 Å². The first kappa shape index (κ1) is 14.3. The van der Waals surface area contributed by atoms with Crippen molar-refractivity contribution in [3.05, 3.63) is 58.1 Å². The van der Waals surface area contributed by atoms with Crippen LogP contribution in [0, 0.1) is 10.1 Å². The molecule has 2 aromatic rings. The normalized spacial score (nSPS) is 9.95. The number of nitro benzene ring substituents is 1. The summed E-state index contributed by atoms with van der Waals surface area (Å²) in [5.74, 6) is -0.438. The predicted octanol–water partition coefficient (Wildman–Crippen LogP) is 2.56. The second-order valence-electron chi connectivity index (χ2n) is 4.11. The Balaban J connectivity index is 2.31. The van der Waals surface area contributed by atoms with E-state index < -0.39 is 10.8 Å². The SMILES string of the molecule is COc1ccccc1C(=O)Nc1cc([N+](=O)[O-])ccc1O. The van der Waals surface area contributed by atoms with Crippen LogP contribution in [0.15, 0.2) is 42.5 Å². The van der Waals surface area contributed by atoms with Crippen molar-refractivity contribution in [2.24, 2.45) is 0 Å². The molecule has 0 saturated heterocycles. The molecule has 0 heterocycles. The molecular weight excluding hydrogens is 276 g/mol. The monoisotopic (exact) mass is 288 g/mol. The van der Waals surface area contributed by atoms with Crippen LogP contribution in [-0.2, 0) is 0 Å². The second kappa shape index (κ2) is 5.91. The van der Waals surface area contributed by atoms with E-state index in [4.69, 9.17) is 4.74 Å². The van der Waals surface area contributed by atoms with Crippen molar-refractivity contribution in [1.82, 2.24) is 0 Å². The van der Waals surface area contributed by atoms with Gasteiger partial charge >= 0.3 is 0 Å². The molecule has 0 saturated carbocycles. The van der Waals surface area contributed by atoms with Crippen LogP contribution in [0.2, 0.25) is 0 Å². The number of aromatic hydroxyl groups is 1. The number of amides is 1. The number of methoxy groups -OCH3 is 1. The summed E-state index contributed by atoms with van der Waals surface area (Å²) in [6.45, 7) is 0. The minimum absolute atomic E-state index is 0.0416. The molecule has 0 atom stereocenters. The number of rotatable bonds is 4. The number of phenolic OH excluding ortho intramolecular Hbond substituents is 1. The number of nitrogens with one attached hydrogen (secondary N) is 1. The Morgan fingerprint density at radius 2 is 2.00 bits per heavy atom. The second-order valence-corrected chi connectivity index (χ2v) is 4.11. The number of nitro groups is 1. The van der Waals surface area contributed by atoms with E-state index in [1.807, 2.05) is 0 Å². The average Bonchev–Trinajstić information content (AvgIpc) is 2.49. The fourth-order valence-corrected chi connectivity index (χ4v) is 1.76. The highest BCUT2D eigenvalue weighted by Gasteiger charge is 2.16. The Hall–Kier alpha value is -3.09. The minimum Gasteiger partial charge on any atom is -0.506 e. The summed E-state index contributed by atoms with van der Waals surface area (Å²) in [5, 5.41) is 22.8. The molecule has 0 aliphatic heterocycles. The number of non-ortho nitro benzene ring substituents is 1. The Morgan fingerprint density at radius 1 is 1.29 bits per heavy atom. The molecule has 2 rings (SSSR count). The Bertz CT molecular complexity index is 700. The highest BCUT2D eigenvalue weighted by Crippen LogP contribution is 2.29. The average molecular weight is 288 g/mol. The van der Waals surface area contributed by atoms with Gasteiger partial charge in [-0.05, 0) is 18.2 Å². The van der Waals surface area contributed by atoms with Crippen molar-refractivity contribution in [1.29, 1.82) is 0 Å². The number of carbonyl (C=O) groups excluding carboxylic acids is 1. The van der Waals surface area contributed by atoms with E-state index in [1.54, 1.807) is 24.3 Å². The number of para-hydroxylation sites is 1. The molecule has 108 valence electrons. The van der Waals surface area contributed by atoms with Gasteiger partial charge < -0.3 is 15.2 Å². The third-order valence-corrected chi connectivity index (χ3v) is 2.79. The molecule has 0 spiro atoms. The summed E-state index contributed by atoms with van der Waals surface area (Å²) in [6, 6.07) is 9.91. The summed E-state index contributed by atoms with van der Waals surface area (Å²) in [6.07, 6.45) is 0. The molecule has 7 nitrogen and oxygen atoms in total. The van der Waals surface area contributed by atoms with E-state index >= 15 is 0 Å². The van der Waals surface area contributed by atoms with Gasteiger partial charge in [-0.25, -0.2) is 0 Å². The number of ether oxygens (including phenoxy) is 1. The topological polar surface area (TPSA) is 102 Å². The molecule has 0 aliphatic rings. The van der Waals surface area contributed by atoms with Crippen LogP contribution in [0.5, 0.6) is 11.5 Å². The van der Waals surface area contributed by atoms with Gasteiger partial charge in [-0.15, -0.1) is 0 Å². The van der Waals surface area contributed by atoms with Crippen molar-refractivity contribution in [3.63, 3.8) is 0 Å². The molecule has 0 unspecified atom stereocenters. The summed E-state index contributed by atoms with van der Waals surface area (Å²) in [7, 11) is 1.43. The highest BCUT2D eigenvalue weighted by molar-refractivity contribution is 6.07. The first-order chi connectivity index (χ1) is 10.0. The van der Waals surface area contributed by atoms with Gasteiger partial charge in [0.2, 0.25) is 0 Å². The van der Waals surface area contributed by atoms with Gasteiger partial charge in [0.05, 0.1) is 23.3 Å². The molecule has 0 aliphatic carbocycles. The van der Waals surface area contributed by atoms with Crippen molar-refractivity contribution in [2.45, 2.75) is 0 Å². The molecule has 0 aromatic heterocycles. The van der Waals surface area contributed by atoms with Gasteiger partial charge in [-0.2, -0.15) is 0 Å². The third-order valence-electron chi connectivity index (χ3n) is 2.79. The lowest BCUT2D eigenvalue weighted by Gasteiger charge is -2.10. The van der Waals surface area contributed by atoms with E-state index in [-0.39, 0.29) is 22.7 Å². The fourth-order valence-electron chi connectivity index (χ4n) is 1.76. The molecule has 0 radical (unpaired) electrons. The Morgan fingerprint density at radius 3 is 2.67 bits per heavy atom. The van der Waals surface area contributed by atoms with Crippen LogP contribution < -0.4 is 10.1 Å². The molecule has 0 bridgehead atoms. The quantitative estimate of drug-likeness (QED) is 0.511. The minimum atomic E-state index is -0.613. The lowest BCUT2D eigenvalue weighted by molar-refractivity contribution is -0.384. The van der Waals surface area contributed by atoms with E-state index in [0.29, 0.717) is 5.75 Å². The molecule has 21 heavy (non-hydrogen) atoms. The molecule has 0 fully saturated rings. The Labute approximate surface area is 119 Å². The predicted molar refractivity (Wildman–Crippen MR) is 75.7 cm³/mol. The lowest BCUT2D eigenvalue weighted by Crippen LogP contribution is -2.13. The van der Waals surface area contributed by atoms with Crippen LogP contribution in [0.1, 0.15) is 10.4 Å². The van der Waals surface area contributed by atoms with Crippen molar-refractivity contribution in [2.75, 3.05) is 12.4 Å². The highest BCUT2D eigenvalue weighted by atomic mass is 16.6. The van der Waals surface area contributed by atoms with Gasteiger partial charge in [0, 0.05) is 12.1 Å². The van der Waals surface area contributed by atoms with E-state index in [2.05, 4.69) is 5.32 Å². The number of carbonyl (C=O) groups is 1. The van der Waals surface area contributed by atoms with Gasteiger partial charge in [0.1, 0.15) is 11.5 Å². The zero-order valence-electron chi connectivity index (χ0n) is 11.1. The first-order valence-corrected chi connectivity index (χ1v) is 5.94. The van der Waals surface area contributed by atoms with E-state index in [9.17, 15) is 20.0 Å². The van der Waals surface area contributed by atoms with E-state index in [1.165, 1.54) is 7.11 Å². The van der Waals surface area contributed by atoms with Crippen LogP contribution in [-0.4, -0.2) is 23.0 Å². The van der Waals surface area contributed by atoms with Gasteiger partial charge in [-0.1, -0.05) is 12.1 Å². The van der Waals surface area contributed by atoms with Gasteiger partial charge in [-0.3, -0.25) is 14.9 Å². The number of phenols is 1. The van der Waals surface area contributed by atoms with Crippen LogP contribution in [0.25, 0.3) is 0 Å². The number of benzene rings is 2. The van der Waals surface area contributed by atoms with Crippen LogP contribution in [0.3, 0.4) is 0 Å².